The molecule has 1 aliphatic heterocycles. The van der Waals surface area contributed by atoms with Gasteiger partial charge in [0.1, 0.15) is 0 Å². The van der Waals surface area contributed by atoms with Crippen molar-refractivity contribution < 1.29 is 9.53 Å². The van der Waals surface area contributed by atoms with Crippen LogP contribution in [0.4, 0.5) is 4.79 Å². The number of nitrogens with zero attached hydrogens (tertiary/aromatic N) is 2. The van der Waals surface area contributed by atoms with Gasteiger partial charge in [0.15, 0.2) is 0 Å². The number of hydrogen-bond donors (Lipinski definition) is 0. The molecule has 1 aromatic heterocycles. The number of rotatable bonds is 2. The van der Waals surface area contributed by atoms with Gasteiger partial charge in [-0.15, -0.1) is 0 Å². The van der Waals surface area contributed by atoms with Gasteiger partial charge in [-0.1, -0.05) is 12.2 Å². The molecule has 1 unspecified atom stereocenters. The van der Waals surface area contributed by atoms with Crippen LogP contribution in [-0.2, 0) is 4.74 Å². The Kier molecular flexibility index (Phi) is 4.36. The summed E-state index contributed by atoms with van der Waals surface area (Å²) in [6.07, 6.45) is 8.11. The lowest BCUT2D eigenvalue weighted by Crippen LogP contribution is -2.37. The largest absolute Gasteiger partial charge is 0.450 e. The van der Waals surface area contributed by atoms with Gasteiger partial charge in [0.2, 0.25) is 0 Å². The van der Waals surface area contributed by atoms with Crippen LogP contribution in [0.5, 0.6) is 0 Å². The molecule has 0 saturated carbocycles. The Morgan fingerprint density at radius 1 is 1.56 bits per heavy atom. The highest BCUT2D eigenvalue weighted by atomic mass is 79.9. The molecule has 1 aliphatic rings. The molecule has 0 N–H and O–H groups in total. The van der Waals surface area contributed by atoms with Crippen molar-refractivity contribution >= 4 is 22.0 Å². The molecule has 18 heavy (non-hydrogen) atoms. The molecule has 2 heterocycles. The minimum absolute atomic E-state index is 0.000880. The molecule has 0 radical (unpaired) electrons. The molecule has 96 valence electrons. The standard InChI is InChI=1S/C13H15BrN2O2/c1-2-18-13(17)16-6-4-3-5-12(16)10-7-11(14)9-15-8-10/h3-4,7-9,12H,2,5-6H2,1H3. The first-order chi connectivity index (χ1) is 8.72. The third-order valence-corrected chi connectivity index (χ3v) is 3.25. The number of ether oxygens (including phenoxy) is 1. The Morgan fingerprint density at radius 2 is 2.39 bits per heavy atom. The van der Waals surface area contributed by atoms with Crippen LogP contribution in [0.3, 0.4) is 0 Å². The average Bonchev–Trinajstić information content (AvgIpc) is 2.39. The number of aromatic nitrogens is 1. The molecule has 0 spiro atoms. The fraction of sp³-hybridized carbons (Fsp3) is 0.385. The van der Waals surface area contributed by atoms with Gasteiger partial charge in [-0.2, -0.15) is 0 Å². The van der Waals surface area contributed by atoms with Crippen LogP contribution in [0.1, 0.15) is 24.9 Å². The summed E-state index contributed by atoms with van der Waals surface area (Å²) in [7, 11) is 0. The summed E-state index contributed by atoms with van der Waals surface area (Å²) in [5.41, 5.74) is 1.02. The van der Waals surface area contributed by atoms with Crippen LogP contribution in [0, 0.1) is 0 Å². The maximum Gasteiger partial charge on any atom is 0.410 e. The van der Waals surface area contributed by atoms with Gasteiger partial charge in [-0.3, -0.25) is 9.88 Å². The Labute approximate surface area is 115 Å². The summed E-state index contributed by atoms with van der Waals surface area (Å²) in [5.74, 6) is 0. The second-order valence-electron chi connectivity index (χ2n) is 4.01. The zero-order valence-electron chi connectivity index (χ0n) is 10.2. The first kappa shape index (κ1) is 13.1. The van der Waals surface area contributed by atoms with E-state index < -0.39 is 0 Å². The van der Waals surface area contributed by atoms with Gasteiger partial charge in [0, 0.05) is 23.4 Å². The van der Waals surface area contributed by atoms with Crippen molar-refractivity contribution in [1.29, 1.82) is 0 Å². The number of amides is 1. The summed E-state index contributed by atoms with van der Waals surface area (Å²) in [6.45, 7) is 2.78. The van der Waals surface area contributed by atoms with Crippen molar-refractivity contribution in [2.45, 2.75) is 19.4 Å². The average molecular weight is 311 g/mol. The minimum Gasteiger partial charge on any atom is -0.450 e. The number of carbonyl (C=O) groups excluding carboxylic acids is 1. The van der Waals surface area contributed by atoms with E-state index >= 15 is 0 Å². The molecule has 0 fully saturated rings. The van der Waals surface area contributed by atoms with Crippen LogP contribution >= 0.6 is 15.9 Å². The topological polar surface area (TPSA) is 42.4 Å². The van der Waals surface area contributed by atoms with Gasteiger partial charge in [0.05, 0.1) is 12.6 Å². The lowest BCUT2D eigenvalue weighted by Gasteiger charge is -2.32. The fourth-order valence-corrected chi connectivity index (χ4v) is 2.38. The number of carbonyl (C=O) groups is 1. The molecule has 5 heteroatoms. The van der Waals surface area contributed by atoms with E-state index in [1.165, 1.54) is 0 Å². The second kappa shape index (κ2) is 6.00. The third kappa shape index (κ3) is 2.90. The number of hydrogen-bond acceptors (Lipinski definition) is 3. The Hall–Kier alpha value is -1.36. The van der Waals surface area contributed by atoms with E-state index in [1.807, 2.05) is 19.1 Å². The molecule has 1 amide bonds. The van der Waals surface area contributed by atoms with E-state index in [0.29, 0.717) is 13.2 Å². The Bertz CT molecular complexity index is 462. The van der Waals surface area contributed by atoms with Gasteiger partial charge < -0.3 is 4.74 Å². The van der Waals surface area contributed by atoms with Crippen molar-refractivity contribution in [3.05, 3.63) is 40.6 Å². The fourth-order valence-electron chi connectivity index (χ4n) is 2.00. The summed E-state index contributed by atoms with van der Waals surface area (Å²) in [5, 5.41) is 0. The molecule has 4 nitrogen and oxygen atoms in total. The maximum absolute atomic E-state index is 11.9. The van der Waals surface area contributed by atoms with E-state index in [4.69, 9.17) is 4.74 Å². The number of pyridine rings is 1. The van der Waals surface area contributed by atoms with Crippen molar-refractivity contribution in [1.82, 2.24) is 9.88 Å². The SMILES string of the molecule is CCOC(=O)N1CC=CCC1c1cncc(Br)c1. The van der Waals surface area contributed by atoms with Crippen molar-refractivity contribution in [2.75, 3.05) is 13.2 Å². The normalized spacial score (nSPS) is 18.8. The number of halogens is 1. The lowest BCUT2D eigenvalue weighted by molar-refractivity contribution is 0.0931. The van der Waals surface area contributed by atoms with Crippen molar-refractivity contribution in [3.63, 3.8) is 0 Å². The van der Waals surface area contributed by atoms with Gasteiger partial charge in [0.25, 0.3) is 0 Å². The second-order valence-corrected chi connectivity index (χ2v) is 4.93. The predicted octanol–water partition coefficient (Wildman–Crippen LogP) is 3.30. The molecule has 0 saturated heterocycles. The highest BCUT2D eigenvalue weighted by Gasteiger charge is 2.27. The summed E-state index contributed by atoms with van der Waals surface area (Å²) >= 11 is 3.40. The zero-order chi connectivity index (χ0) is 13.0. The summed E-state index contributed by atoms with van der Waals surface area (Å²) < 4.78 is 6.00. The molecule has 0 aromatic carbocycles. The first-order valence-corrected chi connectivity index (χ1v) is 6.70. The monoisotopic (exact) mass is 310 g/mol. The Balaban J connectivity index is 2.23. The smallest absolute Gasteiger partial charge is 0.410 e. The molecular formula is C13H15BrN2O2. The highest BCUT2D eigenvalue weighted by Crippen LogP contribution is 2.29. The van der Waals surface area contributed by atoms with E-state index in [9.17, 15) is 4.79 Å². The minimum atomic E-state index is -0.271. The molecule has 0 bridgehead atoms. The van der Waals surface area contributed by atoms with Gasteiger partial charge in [-0.25, -0.2) is 4.79 Å². The summed E-state index contributed by atoms with van der Waals surface area (Å²) in [6, 6.07) is 1.99. The van der Waals surface area contributed by atoms with E-state index in [1.54, 1.807) is 17.3 Å². The third-order valence-electron chi connectivity index (χ3n) is 2.82. The van der Waals surface area contributed by atoms with E-state index in [-0.39, 0.29) is 12.1 Å². The molecule has 1 atom stereocenters. The Morgan fingerprint density at radius 3 is 3.11 bits per heavy atom. The molecule has 0 aliphatic carbocycles. The van der Waals surface area contributed by atoms with Crippen LogP contribution in [-0.4, -0.2) is 29.1 Å². The molecule has 1 aromatic rings. The van der Waals surface area contributed by atoms with Crippen molar-refractivity contribution in [3.8, 4) is 0 Å². The van der Waals surface area contributed by atoms with E-state index in [0.717, 1.165) is 16.5 Å². The van der Waals surface area contributed by atoms with Crippen LogP contribution in [0.15, 0.2) is 35.1 Å². The molecular weight excluding hydrogens is 296 g/mol. The van der Waals surface area contributed by atoms with Gasteiger partial charge in [-0.05, 0) is 40.9 Å². The lowest BCUT2D eigenvalue weighted by atomic mass is 10.0. The maximum atomic E-state index is 11.9. The quantitative estimate of drug-likeness (QED) is 0.787. The molecule has 2 rings (SSSR count). The predicted molar refractivity (Wildman–Crippen MR) is 72.2 cm³/mol. The van der Waals surface area contributed by atoms with Crippen LogP contribution < -0.4 is 0 Å². The van der Waals surface area contributed by atoms with Crippen LogP contribution in [0.25, 0.3) is 0 Å². The first-order valence-electron chi connectivity index (χ1n) is 5.91. The van der Waals surface area contributed by atoms with Gasteiger partial charge >= 0.3 is 6.09 Å². The van der Waals surface area contributed by atoms with Crippen LogP contribution in [0.2, 0.25) is 0 Å². The van der Waals surface area contributed by atoms with E-state index in [2.05, 4.69) is 27.0 Å². The van der Waals surface area contributed by atoms with Crippen molar-refractivity contribution in [2.24, 2.45) is 0 Å². The zero-order valence-corrected chi connectivity index (χ0v) is 11.8. The highest BCUT2D eigenvalue weighted by molar-refractivity contribution is 9.10. The summed E-state index contributed by atoms with van der Waals surface area (Å²) in [4.78, 5) is 17.8.